The van der Waals surface area contributed by atoms with Crippen molar-refractivity contribution in [2.45, 2.75) is 33.6 Å². The highest BCUT2D eigenvalue weighted by atomic mass is 32.1. The lowest BCUT2D eigenvalue weighted by Gasteiger charge is -1.95. The van der Waals surface area contributed by atoms with E-state index in [-0.39, 0.29) is 0 Å². The van der Waals surface area contributed by atoms with E-state index >= 15 is 0 Å². The summed E-state index contributed by atoms with van der Waals surface area (Å²) in [6.07, 6.45) is 2.61. The summed E-state index contributed by atoms with van der Waals surface area (Å²) in [6, 6.07) is 0. The maximum atomic E-state index is 3.79. The van der Waals surface area contributed by atoms with Crippen LogP contribution < -0.4 is 5.32 Å². The molecule has 0 atom stereocenters. The zero-order valence-electron chi connectivity index (χ0n) is 7.48. The van der Waals surface area contributed by atoms with Crippen molar-refractivity contribution >= 4 is 12.6 Å². The Kier molecular flexibility index (Phi) is 20.9. The van der Waals surface area contributed by atoms with E-state index in [1.165, 1.54) is 19.4 Å². The Hall–Kier alpha value is 0.310. The summed E-state index contributed by atoms with van der Waals surface area (Å²) in [4.78, 5) is 0. The van der Waals surface area contributed by atoms with Gasteiger partial charge in [0.1, 0.15) is 0 Å². The van der Waals surface area contributed by atoms with Crippen LogP contribution in [-0.2, 0) is 0 Å². The van der Waals surface area contributed by atoms with Crippen molar-refractivity contribution in [1.29, 1.82) is 0 Å². The van der Waals surface area contributed by atoms with Gasteiger partial charge in [0.2, 0.25) is 0 Å². The first kappa shape index (κ1) is 12.9. The lowest BCUT2D eigenvalue weighted by Crippen LogP contribution is -2.13. The van der Waals surface area contributed by atoms with Gasteiger partial charge in [0.15, 0.2) is 0 Å². The lowest BCUT2D eigenvalue weighted by molar-refractivity contribution is 0.663. The van der Waals surface area contributed by atoms with Crippen LogP contribution in [0.15, 0.2) is 0 Å². The fourth-order valence-corrected chi connectivity index (χ4v) is 0.479. The minimum absolute atomic E-state index is 0.944. The van der Waals surface area contributed by atoms with Crippen molar-refractivity contribution in [3.63, 3.8) is 0 Å². The largest absolute Gasteiger partial charge is 0.317 e. The van der Waals surface area contributed by atoms with Gasteiger partial charge in [0, 0.05) is 0 Å². The number of unbranched alkanes of at least 4 members (excludes halogenated alkanes) is 1. The summed E-state index contributed by atoms with van der Waals surface area (Å²) in [5.41, 5.74) is 0. The molecule has 0 aliphatic heterocycles. The van der Waals surface area contributed by atoms with E-state index in [9.17, 15) is 0 Å². The molecule has 64 valence electrons. The molecule has 0 rings (SSSR count). The Morgan fingerprint density at radius 2 is 1.70 bits per heavy atom. The molecule has 0 spiro atoms. The molecule has 0 aromatic heterocycles. The van der Waals surface area contributed by atoms with Crippen molar-refractivity contribution in [3.8, 4) is 0 Å². The molecule has 0 saturated heterocycles. The molecule has 0 amide bonds. The molecule has 0 unspecified atom stereocenters. The molecule has 0 saturated carbocycles. The molecule has 0 aliphatic rings. The summed E-state index contributed by atoms with van der Waals surface area (Å²) in [6.45, 7) is 8.63. The molecule has 0 aliphatic carbocycles. The molecule has 0 aromatic rings. The fourth-order valence-electron chi connectivity index (χ4n) is 0.479. The van der Waals surface area contributed by atoms with Gasteiger partial charge in [-0.25, -0.2) is 0 Å². The third-order valence-electron chi connectivity index (χ3n) is 0.957. The summed E-state index contributed by atoms with van der Waals surface area (Å²) < 4.78 is 0. The zero-order chi connectivity index (χ0) is 8.24. The first-order valence-electron chi connectivity index (χ1n) is 4.14. The third kappa shape index (κ3) is 23.9. The molecule has 0 heterocycles. The van der Waals surface area contributed by atoms with Crippen LogP contribution in [0.1, 0.15) is 33.6 Å². The molecular weight excluding hydrogens is 142 g/mol. The molecule has 0 bridgehead atoms. The van der Waals surface area contributed by atoms with Crippen molar-refractivity contribution in [2.75, 3.05) is 18.8 Å². The minimum Gasteiger partial charge on any atom is -0.317 e. The quantitative estimate of drug-likeness (QED) is 0.479. The second-order valence-corrected chi connectivity index (χ2v) is 2.66. The number of thiol groups is 1. The Morgan fingerprint density at radius 3 is 2.00 bits per heavy atom. The Morgan fingerprint density at radius 1 is 1.20 bits per heavy atom. The van der Waals surface area contributed by atoms with Crippen LogP contribution in [0.25, 0.3) is 0 Å². The van der Waals surface area contributed by atoms with E-state index in [1.807, 2.05) is 6.92 Å². The maximum Gasteiger partial charge on any atom is -0.00491 e. The van der Waals surface area contributed by atoms with Crippen molar-refractivity contribution < 1.29 is 0 Å². The molecule has 2 heteroatoms. The smallest absolute Gasteiger partial charge is 0.00491 e. The molecule has 0 aromatic carbocycles. The fraction of sp³-hybridized carbons (Fsp3) is 1.00. The van der Waals surface area contributed by atoms with E-state index in [0.717, 1.165) is 12.3 Å². The number of rotatable bonds is 4. The van der Waals surface area contributed by atoms with Crippen LogP contribution in [0.3, 0.4) is 0 Å². The Balaban J connectivity index is 0. The predicted molar refractivity (Wildman–Crippen MR) is 53.0 cm³/mol. The molecule has 1 N–H and O–H groups in total. The van der Waals surface area contributed by atoms with Crippen LogP contribution in [0.4, 0.5) is 0 Å². The van der Waals surface area contributed by atoms with E-state index in [2.05, 4.69) is 31.8 Å². The molecular formula is C8H21NS. The topological polar surface area (TPSA) is 12.0 Å². The summed E-state index contributed by atoms with van der Waals surface area (Å²) >= 11 is 3.79. The van der Waals surface area contributed by atoms with E-state index in [0.29, 0.717) is 0 Å². The average molecular weight is 163 g/mol. The zero-order valence-corrected chi connectivity index (χ0v) is 8.38. The minimum atomic E-state index is 0.944. The average Bonchev–Trinajstić information content (AvgIpc) is 1.91. The van der Waals surface area contributed by atoms with Gasteiger partial charge < -0.3 is 5.32 Å². The van der Waals surface area contributed by atoms with Gasteiger partial charge in [0.05, 0.1) is 0 Å². The normalized spacial score (nSPS) is 8.40. The van der Waals surface area contributed by atoms with Crippen LogP contribution in [0.2, 0.25) is 0 Å². The van der Waals surface area contributed by atoms with Crippen LogP contribution >= 0.6 is 12.6 Å². The number of hydrogen-bond acceptors (Lipinski definition) is 2. The third-order valence-corrected chi connectivity index (χ3v) is 0.957. The molecule has 0 radical (unpaired) electrons. The SMILES string of the molecule is CCCCNCC.CCS. The van der Waals surface area contributed by atoms with Gasteiger partial charge in [-0.15, -0.1) is 0 Å². The van der Waals surface area contributed by atoms with Crippen molar-refractivity contribution in [1.82, 2.24) is 5.32 Å². The first-order valence-corrected chi connectivity index (χ1v) is 4.78. The molecule has 10 heavy (non-hydrogen) atoms. The van der Waals surface area contributed by atoms with Crippen LogP contribution in [0, 0.1) is 0 Å². The number of nitrogens with one attached hydrogen (secondary N) is 1. The highest BCUT2D eigenvalue weighted by molar-refractivity contribution is 7.80. The number of hydrogen-bond donors (Lipinski definition) is 2. The first-order chi connectivity index (χ1) is 4.83. The van der Waals surface area contributed by atoms with Gasteiger partial charge in [-0.3, -0.25) is 0 Å². The van der Waals surface area contributed by atoms with Crippen molar-refractivity contribution in [3.05, 3.63) is 0 Å². The summed E-state index contributed by atoms with van der Waals surface area (Å²) in [5.74, 6) is 0.944. The van der Waals surface area contributed by atoms with Crippen LogP contribution in [-0.4, -0.2) is 18.8 Å². The van der Waals surface area contributed by atoms with E-state index < -0.39 is 0 Å². The van der Waals surface area contributed by atoms with Gasteiger partial charge in [0.25, 0.3) is 0 Å². The summed E-state index contributed by atoms with van der Waals surface area (Å²) in [5, 5.41) is 3.25. The van der Waals surface area contributed by atoms with Gasteiger partial charge in [-0.2, -0.15) is 12.6 Å². The summed E-state index contributed by atoms with van der Waals surface area (Å²) in [7, 11) is 0. The van der Waals surface area contributed by atoms with Gasteiger partial charge in [-0.1, -0.05) is 27.2 Å². The predicted octanol–water partition coefficient (Wildman–Crippen LogP) is 2.33. The lowest BCUT2D eigenvalue weighted by atomic mass is 10.3. The van der Waals surface area contributed by atoms with Crippen molar-refractivity contribution in [2.24, 2.45) is 0 Å². The van der Waals surface area contributed by atoms with Gasteiger partial charge in [-0.05, 0) is 25.3 Å². The second kappa shape index (κ2) is 16.1. The standard InChI is InChI=1S/C6H15N.C2H6S/c1-3-5-6-7-4-2;1-2-3/h7H,3-6H2,1-2H3;3H,2H2,1H3. The monoisotopic (exact) mass is 163 g/mol. The Bertz CT molecular complexity index is 36.2. The molecule has 1 nitrogen and oxygen atoms in total. The highest BCUT2D eigenvalue weighted by Gasteiger charge is 1.77. The highest BCUT2D eigenvalue weighted by Crippen LogP contribution is 1.80. The van der Waals surface area contributed by atoms with E-state index in [1.54, 1.807) is 0 Å². The molecule has 0 fully saturated rings. The van der Waals surface area contributed by atoms with E-state index in [4.69, 9.17) is 0 Å². The second-order valence-electron chi connectivity index (χ2n) is 2.02. The Labute approximate surface area is 71.0 Å². The van der Waals surface area contributed by atoms with Gasteiger partial charge >= 0.3 is 0 Å². The van der Waals surface area contributed by atoms with Crippen LogP contribution in [0.5, 0.6) is 0 Å². The maximum absolute atomic E-state index is 3.79.